The number of nitrogens with one attached hydrogen (secondary N) is 2. The van der Waals surface area contributed by atoms with E-state index >= 15 is 0 Å². The topological polar surface area (TPSA) is 100 Å². The molecule has 10 heteroatoms. The zero-order chi connectivity index (χ0) is 27.5. The van der Waals surface area contributed by atoms with Gasteiger partial charge < -0.3 is 20.3 Å². The van der Waals surface area contributed by atoms with Gasteiger partial charge >= 0.3 is 6.03 Å². The van der Waals surface area contributed by atoms with Crippen LogP contribution in [-0.4, -0.2) is 77.1 Å². The van der Waals surface area contributed by atoms with Gasteiger partial charge in [0, 0.05) is 51.0 Å². The van der Waals surface area contributed by atoms with Crippen LogP contribution in [0.15, 0.2) is 54.7 Å². The normalized spacial score (nSPS) is 16.8. The minimum atomic E-state index is -0.256. The van der Waals surface area contributed by atoms with Gasteiger partial charge in [-0.3, -0.25) is 4.90 Å². The van der Waals surface area contributed by atoms with E-state index < -0.39 is 0 Å². The summed E-state index contributed by atoms with van der Waals surface area (Å²) in [6.07, 6.45) is 3.97. The summed E-state index contributed by atoms with van der Waals surface area (Å²) in [5, 5.41) is 11.2. The fourth-order valence-electron chi connectivity index (χ4n) is 5.61. The molecule has 6 rings (SSSR count). The zero-order valence-corrected chi connectivity index (χ0v) is 23.1. The number of carbonyl (C=O) groups excluding carboxylic acids is 1. The molecule has 208 valence electrons. The quantitative estimate of drug-likeness (QED) is 0.378. The van der Waals surface area contributed by atoms with Gasteiger partial charge in [0.05, 0.1) is 30.8 Å². The molecular formula is C30H36N8O2. The Bertz CT molecular complexity index is 1470. The lowest BCUT2D eigenvalue weighted by Crippen LogP contribution is -2.37. The summed E-state index contributed by atoms with van der Waals surface area (Å²) >= 11 is 0. The van der Waals surface area contributed by atoms with Crippen LogP contribution in [0.1, 0.15) is 30.0 Å². The highest BCUT2D eigenvalue weighted by atomic mass is 16.5. The number of hydrogen-bond donors (Lipinski definition) is 2. The van der Waals surface area contributed by atoms with E-state index in [1.165, 1.54) is 11.1 Å². The number of piperidine rings is 1. The molecule has 0 bridgehead atoms. The highest BCUT2D eigenvalue weighted by Gasteiger charge is 2.26. The maximum absolute atomic E-state index is 11.7. The van der Waals surface area contributed by atoms with Crippen LogP contribution in [0.5, 0.6) is 0 Å². The Hall–Kier alpha value is -4.02. The van der Waals surface area contributed by atoms with Gasteiger partial charge in [-0.2, -0.15) is 5.10 Å². The van der Waals surface area contributed by atoms with Crippen molar-refractivity contribution in [2.75, 3.05) is 56.7 Å². The minimum Gasteiger partial charge on any atom is -0.378 e. The fourth-order valence-corrected chi connectivity index (χ4v) is 5.61. The van der Waals surface area contributed by atoms with Crippen LogP contribution in [0.2, 0.25) is 0 Å². The number of amides is 2. The minimum absolute atomic E-state index is 0.256. The summed E-state index contributed by atoms with van der Waals surface area (Å²) in [6, 6.07) is 16.4. The van der Waals surface area contributed by atoms with Gasteiger partial charge in [0.25, 0.3) is 0 Å². The summed E-state index contributed by atoms with van der Waals surface area (Å²) in [5.41, 5.74) is 5.14. The monoisotopic (exact) mass is 540 g/mol. The molecular weight excluding hydrogens is 504 g/mol. The van der Waals surface area contributed by atoms with E-state index in [1.54, 1.807) is 7.05 Å². The van der Waals surface area contributed by atoms with Crippen molar-refractivity contribution in [3.8, 4) is 11.4 Å². The molecule has 10 nitrogen and oxygen atoms in total. The van der Waals surface area contributed by atoms with Crippen LogP contribution >= 0.6 is 0 Å². The van der Waals surface area contributed by atoms with Crippen LogP contribution < -0.4 is 15.5 Å². The van der Waals surface area contributed by atoms with E-state index in [0.717, 1.165) is 68.0 Å². The molecule has 4 heterocycles. The van der Waals surface area contributed by atoms with Gasteiger partial charge in [-0.05, 0) is 49.6 Å². The van der Waals surface area contributed by atoms with Crippen LogP contribution in [-0.2, 0) is 11.3 Å². The van der Waals surface area contributed by atoms with E-state index in [4.69, 9.17) is 19.8 Å². The number of aromatic nitrogens is 4. The van der Waals surface area contributed by atoms with Crippen molar-refractivity contribution in [1.82, 2.24) is 30.0 Å². The lowest BCUT2D eigenvalue weighted by molar-refractivity contribution is 0.122. The van der Waals surface area contributed by atoms with Crippen molar-refractivity contribution in [1.29, 1.82) is 0 Å². The molecule has 2 aliphatic rings. The number of nitrogens with zero attached hydrogens (tertiary/aromatic N) is 6. The molecule has 0 aliphatic carbocycles. The molecule has 0 spiro atoms. The average molecular weight is 541 g/mol. The number of urea groups is 1. The van der Waals surface area contributed by atoms with Crippen molar-refractivity contribution in [2.45, 2.75) is 32.4 Å². The molecule has 2 fully saturated rings. The largest absolute Gasteiger partial charge is 0.378 e. The first-order valence-electron chi connectivity index (χ1n) is 14.0. The van der Waals surface area contributed by atoms with E-state index in [0.29, 0.717) is 24.7 Å². The number of rotatable bonds is 6. The van der Waals surface area contributed by atoms with Crippen molar-refractivity contribution in [2.24, 2.45) is 0 Å². The second-order valence-electron chi connectivity index (χ2n) is 10.6. The highest BCUT2D eigenvalue weighted by molar-refractivity contribution is 5.90. The smallest absolute Gasteiger partial charge is 0.318 e. The van der Waals surface area contributed by atoms with Crippen molar-refractivity contribution < 1.29 is 9.53 Å². The Morgan fingerprint density at radius 1 is 1.02 bits per heavy atom. The van der Waals surface area contributed by atoms with Crippen LogP contribution in [0.25, 0.3) is 22.4 Å². The molecule has 0 unspecified atom stereocenters. The van der Waals surface area contributed by atoms with Gasteiger partial charge in [0.2, 0.25) is 0 Å². The molecule has 2 saturated heterocycles. The lowest BCUT2D eigenvalue weighted by Gasteiger charge is -2.32. The molecule has 2 aromatic heterocycles. The predicted molar refractivity (Wildman–Crippen MR) is 157 cm³/mol. The van der Waals surface area contributed by atoms with Crippen LogP contribution in [0.4, 0.5) is 16.3 Å². The second-order valence-corrected chi connectivity index (χ2v) is 10.6. The van der Waals surface area contributed by atoms with E-state index in [-0.39, 0.29) is 12.1 Å². The highest BCUT2D eigenvalue weighted by Crippen LogP contribution is 2.32. The SMILES string of the molecule is CNC(=O)Nc1ccc(-c2nc(N3CCOCC3)c3cnn(C4CCN(Cc5cccc(C)c5)CC4)c3n2)cc1. The van der Waals surface area contributed by atoms with Gasteiger partial charge in [-0.15, -0.1) is 0 Å². The fraction of sp³-hybridized carbons (Fsp3) is 0.400. The number of hydrogen-bond acceptors (Lipinski definition) is 7. The molecule has 4 aromatic rings. The van der Waals surface area contributed by atoms with Crippen molar-refractivity contribution in [3.63, 3.8) is 0 Å². The van der Waals surface area contributed by atoms with Gasteiger partial charge in [-0.25, -0.2) is 19.4 Å². The van der Waals surface area contributed by atoms with Gasteiger partial charge in [-0.1, -0.05) is 29.8 Å². The maximum Gasteiger partial charge on any atom is 0.318 e. The molecule has 0 radical (unpaired) electrons. The van der Waals surface area contributed by atoms with E-state index in [1.807, 2.05) is 30.5 Å². The molecule has 0 atom stereocenters. The van der Waals surface area contributed by atoms with Crippen LogP contribution in [0, 0.1) is 6.92 Å². The number of likely N-dealkylation sites (tertiary alicyclic amines) is 1. The molecule has 40 heavy (non-hydrogen) atoms. The molecule has 2 aromatic carbocycles. The summed E-state index contributed by atoms with van der Waals surface area (Å²) in [6.45, 7) is 8.08. The lowest BCUT2D eigenvalue weighted by atomic mass is 10.0. The first-order valence-corrected chi connectivity index (χ1v) is 14.0. The maximum atomic E-state index is 11.7. The first-order chi connectivity index (χ1) is 19.6. The standard InChI is InChI=1S/C30H36N8O2/c1-21-4-3-5-22(18-21)20-36-12-10-25(11-13-36)38-29-26(19-32-38)28(37-14-16-40-17-15-37)34-27(35-29)23-6-8-24(9-7-23)33-30(39)31-2/h3-9,18-19,25H,10-17,20H2,1-2H3,(H2,31,33,39). The van der Waals surface area contributed by atoms with Crippen molar-refractivity contribution in [3.05, 3.63) is 65.9 Å². The number of aryl methyl sites for hydroxylation is 1. The molecule has 0 saturated carbocycles. The third kappa shape index (κ3) is 5.64. The van der Waals surface area contributed by atoms with Gasteiger partial charge in [0.1, 0.15) is 5.82 Å². The molecule has 2 N–H and O–H groups in total. The summed E-state index contributed by atoms with van der Waals surface area (Å²) < 4.78 is 7.73. The van der Waals surface area contributed by atoms with Crippen LogP contribution in [0.3, 0.4) is 0 Å². The number of anilines is 2. The van der Waals surface area contributed by atoms with Gasteiger partial charge in [0.15, 0.2) is 11.5 Å². The summed E-state index contributed by atoms with van der Waals surface area (Å²) in [5.74, 6) is 1.55. The van der Waals surface area contributed by atoms with E-state index in [2.05, 4.69) is 56.3 Å². The number of fused-ring (bicyclic) bond motifs is 1. The zero-order valence-electron chi connectivity index (χ0n) is 23.1. The molecule has 2 amide bonds. The summed E-state index contributed by atoms with van der Waals surface area (Å²) in [7, 11) is 1.59. The van der Waals surface area contributed by atoms with Crippen molar-refractivity contribution >= 4 is 28.6 Å². The predicted octanol–water partition coefficient (Wildman–Crippen LogP) is 4.23. The number of morpholine rings is 1. The Balaban J connectivity index is 1.28. The Morgan fingerprint density at radius 2 is 1.80 bits per heavy atom. The third-order valence-electron chi connectivity index (χ3n) is 7.76. The number of carbonyl (C=O) groups is 1. The Labute approximate surface area is 234 Å². The molecule has 2 aliphatic heterocycles. The number of benzene rings is 2. The first kappa shape index (κ1) is 26.2. The average Bonchev–Trinajstić information content (AvgIpc) is 3.42. The Morgan fingerprint density at radius 3 is 2.52 bits per heavy atom. The Kier molecular flexibility index (Phi) is 7.61. The number of ether oxygens (including phenoxy) is 1. The summed E-state index contributed by atoms with van der Waals surface area (Å²) in [4.78, 5) is 26.6. The third-order valence-corrected chi connectivity index (χ3v) is 7.76. The van der Waals surface area contributed by atoms with E-state index in [9.17, 15) is 4.79 Å². The second kappa shape index (κ2) is 11.6.